The molecule has 0 aliphatic heterocycles. The molecule has 0 bridgehead atoms. The second kappa shape index (κ2) is 5.04. The molecule has 2 unspecified atom stereocenters. The Hall–Kier alpha value is -0.770. The van der Waals surface area contributed by atoms with Crippen LogP contribution < -0.4 is 5.32 Å². The molecular weight excluding hydrogens is 218 g/mol. The van der Waals surface area contributed by atoms with Crippen LogP contribution >= 0.6 is 11.8 Å². The highest BCUT2D eigenvalue weighted by molar-refractivity contribution is 7.99. The maximum absolute atomic E-state index is 4.43. The number of thioether (sulfide) groups is 1. The number of hydrogen-bond acceptors (Lipinski definition) is 4. The SMILES string of the molecule is CSC1CCCC1Nc1cc(C)nc(C)n1. The minimum Gasteiger partial charge on any atom is -0.366 e. The second-order valence-electron chi connectivity index (χ2n) is 4.40. The summed E-state index contributed by atoms with van der Waals surface area (Å²) in [4.78, 5) is 8.73. The summed E-state index contributed by atoms with van der Waals surface area (Å²) in [7, 11) is 0. The fourth-order valence-corrected chi connectivity index (χ4v) is 3.29. The Morgan fingerprint density at radius 2 is 2.12 bits per heavy atom. The van der Waals surface area contributed by atoms with Crippen LogP contribution in [0.2, 0.25) is 0 Å². The summed E-state index contributed by atoms with van der Waals surface area (Å²) >= 11 is 1.96. The van der Waals surface area contributed by atoms with E-state index in [1.165, 1.54) is 19.3 Å². The van der Waals surface area contributed by atoms with E-state index in [0.29, 0.717) is 6.04 Å². The third kappa shape index (κ3) is 2.67. The van der Waals surface area contributed by atoms with Crippen molar-refractivity contribution < 1.29 is 0 Å². The molecule has 88 valence electrons. The molecule has 0 aromatic carbocycles. The van der Waals surface area contributed by atoms with Gasteiger partial charge in [0.2, 0.25) is 0 Å². The van der Waals surface area contributed by atoms with Gasteiger partial charge in [-0.1, -0.05) is 6.42 Å². The molecule has 1 aromatic rings. The minimum absolute atomic E-state index is 0.573. The van der Waals surface area contributed by atoms with Gasteiger partial charge >= 0.3 is 0 Å². The molecule has 1 aliphatic rings. The molecule has 3 nitrogen and oxygen atoms in total. The van der Waals surface area contributed by atoms with Gasteiger partial charge < -0.3 is 5.32 Å². The van der Waals surface area contributed by atoms with Crippen LogP contribution in [0.15, 0.2) is 6.07 Å². The van der Waals surface area contributed by atoms with Gasteiger partial charge in [0.1, 0.15) is 11.6 Å². The van der Waals surface area contributed by atoms with Crippen molar-refractivity contribution in [2.75, 3.05) is 11.6 Å². The highest BCUT2D eigenvalue weighted by Gasteiger charge is 2.26. The van der Waals surface area contributed by atoms with Gasteiger partial charge in [0.05, 0.1) is 0 Å². The number of hydrogen-bond donors (Lipinski definition) is 1. The summed E-state index contributed by atoms with van der Waals surface area (Å²) in [5, 5.41) is 4.28. The zero-order valence-corrected chi connectivity index (χ0v) is 11.0. The Labute approximate surface area is 101 Å². The van der Waals surface area contributed by atoms with Gasteiger partial charge in [-0.3, -0.25) is 0 Å². The van der Waals surface area contributed by atoms with Crippen molar-refractivity contribution in [1.29, 1.82) is 0 Å². The molecule has 0 radical (unpaired) electrons. The van der Waals surface area contributed by atoms with Crippen LogP contribution in [0.1, 0.15) is 30.8 Å². The second-order valence-corrected chi connectivity index (χ2v) is 5.47. The molecule has 1 heterocycles. The average molecular weight is 237 g/mol. The van der Waals surface area contributed by atoms with E-state index in [4.69, 9.17) is 0 Å². The molecule has 1 N–H and O–H groups in total. The molecule has 1 aliphatic carbocycles. The standard InChI is InChI=1S/C12H19N3S/c1-8-7-12(14-9(2)13-8)15-10-5-4-6-11(10)16-3/h7,10-11H,4-6H2,1-3H3,(H,13,14,15). The van der Waals surface area contributed by atoms with Crippen LogP contribution in [-0.4, -0.2) is 27.5 Å². The van der Waals surface area contributed by atoms with Crippen molar-refractivity contribution >= 4 is 17.6 Å². The van der Waals surface area contributed by atoms with Crippen LogP contribution in [0.5, 0.6) is 0 Å². The Morgan fingerprint density at radius 1 is 1.31 bits per heavy atom. The van der Waals surface area contributed by atoms with E-state index in [1.54, 1.807) is 0 Å². The third-order valence-electron chi connectivity index (χ3n) is 3.05. The Bertz CT molecular complexity index is 347. The molecule has 0 amide bonds. The van der Waals surface area contributed by atoms with E-state index < -0.39 is 0 Å². The molecule has 16 heavy (non-hydrogen) atoms. The summed E-state index contributed by atoms with van der Waals surface area (Å²) < 4.78 is 0. The summed E-state index contributed by atoms with van der Waals surface area (Å²) in [5.41, 5.74) is 1.04. The molecule has 4 heteroatoms. The first kappa shape index (κ1) is 11.7. The van der Waals surface area contributed by atoms with Gasteiger partial charge in [-0.05, 0) is 32.9 Å². The number of nitrogens with zero attached hydrogens (tertiary/aromatic N) is 2. The number of aryl methyl sites for hydroxylation is 2. The van der Waals surface area contributed by atoms with Gasteiger partial charge in [-0.15, -0.1) is 0 Å². The van der Waals surface area contributed by atoms with E-state index in [9.17, 15) is 0 Å². The monoisotopic (exact) mass is 237 g/mol. The third-order valence-corrected chi connectivity index (χ3v) is 4.22. The molecule has 1 aromatic heterocycles. The van der Waals surface area contributed by atoms with Gasteiger partial charge in [0, 0.05) is 23.1 Å². The molecule has 2 atom stereocenters. The van der Waals surface area contributed by atoms with Crippen molar-refractivity contribution in [3.8, 4) is 0 Å². The van der Waals surface area contributed by atoms with Gasteiger partial charge in [-0.2, -0.15) is 11.8 Å². The average Bonchev–Trinajstić information content (AvgIpc) is 2.63. The van der Waals surface area contributed by atoms with Crippen molar-refractivity contribution in [3.63, 3.8) is 0 Å². The smallest absolute Gasteiger partial charge is 0.130 e. The van der Waals surface area contributed by atoms with Crippen molar-refractivity contribution in [3.05, 3.63) is 17.6 Å². The van der Waals surface area contributed by atoms with Crippen molar-refractivity contribution in [1.82, 2.24) is 9.97 Å². The van der Waals surface area contributed by atoms with Crippen LogP contribution in [-0.2, 0) is 0 Å². The van der Waals surface area contributed by atoms with E-state index in [2.05, 4.69) is 21.5 Å². The lowest BCUT2D eigenvalue weighted by Gasteiger charge is -2.20. The summed E-state index contributed by atoms with van der Waals surface area (Å²) in [6.07, 6.45) is 6.10. The largest absolute Gasteiger partial charge is 0.366 e. The predicted molar refractivity (Wildman–Crippen MR) is 70.1 cm³/mol. The predicted octanol–water partition coefficient (Wildman–Crippen LogP) is 2.79. The molecular formula is C12H19N3S. The van der Waals surface area contributed by atoms with Gasteiger partial charge in [0.15, 0.2) is 0 Å². The van der Waals surface area contributed by atoms with Crippen molar-refractivity contribution in [2.24, 2.45) is 0 Å². The molecule has 1 saturated carbocycles. The van der Waals surface area contributed by atoms with Crippen LogP contribution in [0, 0.1) is 13.8 Å². The highest BCUT2D eigenvalue weighted by atomic mass is 32.2. The molecule has 1 fully saturated rings. The van der Waals surface area contributed by atoms with Crippen LogP contribution in [0.25, 0.3) is 0 Å². The molecule has 0 spiro atoms. The summed E-state index contributed by atoms with van der Waals surface area (Å²) in [6, 6.07) is 2.60. The molecule has 2 rings (SSSR count). The minimum atomic E-state index is 0.573. The molecule has 0 saturated heterocycles. The topological polar surface area (TPSA) is 37.8 Å². The maximum Gasteiger partial charge on any atom is 0.130 e. The number of rotatable bonds is 3. The lowest BCUT2D eigenvalue weighted by molar-refractivity contribution is 0.760. The fourth-order valence-electron chi connectivity index (χ4n) is 2.35. The zero-order chi connectivity index (χ0) is 11.5. The first-order valence-corrected chi connectivity index (χ1v) is 7.09. The van der Waals surface area contributed by atoms with E-state index in [1.807, 2.05) is 31.7 Å². The Balaban J connectivity index is 2.08. The number of nitrogens with one attached hydrogen (secondary N) is 1. The van der Waals surface area contributed by atoms with Gasteiger partial charge in [-0.25, -0.2) is 9.97 Å². The lowest BCUT2D eigenvalue weighted by atomic mass is 10.2. The summed E-state index contributed by atoms with van der Waals surface area (Å²) in [6.45, 7) is 3.96. The van der Waals surface area contributed by atoms with Crippen molar-refractivity contribution in [2.45, 2.75) is 44.4 Å². The van der Waals surface area contributed by atoms with Crippen LogP contribution in [0.3, 0.4) is 0 Å². The first-order valence-electron chi connectivity index (χ1n) is 5.80. The zero-order valence-electron chi connectivity index (χ0n) is 10.2. The Kier molecular flexibility index (Phi) is 3.69. The van der Waals surface area contributed by atoms with Crippen LogP contribution in [0.4, 0.5) is 5.82 Å². The quantitative estimate of drug-likeness (QED) is 0.877. The maximum atomic E-state index is 4.43. The first-order chi connectivity index (χ1) is 7.69. The van der Waals surface area contributed by atoms with Gasteiger partial charge in [0.25, 0.3) is 0 Å². The number of anilines is 1. The highest BCUT2D eigenvalue weighted by Crippen LogP contribution is 2.30. The lowest BCUT2D eigenvalue weighted by Crippen LogP contribution is -2.26. The number of aromatic nitrogens is 2. The van der Waals surface area contributed by atoms with E-state index in [0.717, 1.165) is 22.6 Å². The summed E-state index contributed by atoms with van der Waals surface area (Å²) in [5.74, 6) is 1.83. The normalized spacial score (nSPS) is 24.7. The van der Waals surface area contributed by atoms with E-state index >= 15 is 0 Å². The van der Waals surface area contributed by atoms with E-state index in [-0.39, 0.29) is 0 Å². The fraction of sp³-hybridized carbons (Fsp3) is 0.667. The Morgan fingerprint density at radius 3 is 2.81 bits per heavy atom.